The van der Waals surface area contributed by atoms with E-state index in [1.807, 2.05) is 0 Å². The first-order valence-corrected chi connectivity index (χ1v) is 3.88. The van der Waals surface area contributed by atoms with Crippen LogP contribution in [0, 0.1) is 11.6 Å². The molecule has 1 unspecified atom stereocenters. The number of halogens is 2. The zero-order valence-corrected chi connectivity index (χ0v) is 7.00. The normalized spacial score (nSPS) is 12.5. The number of aliphatic hydroxyl groups excluding tert-OH is 1. The van der Waals surface area contributed by atoms with E-state index in [-0.39, 0.29) is 12.0 Å². The number of benzene rings is 1. The molecule has 0 radical (unpaired) electrons. The highest BCUT2D eigenvalue weighted by Gasteiger charge is 2.10. The van der Waals surface area contributed by atoms with Crippen molar-refractivity contribution in [3.63, 3.8) is 0 Å². The minimum absolute atomic E-state index is 0.0813. The monoisotopic (exact) mass is 184 g/mol. The largest absolute Gasteiger partial charge is 0.389 e. The summed E-state index contributed by atoms with van der Waals surface area (Å²) in [5.41, 5.74) is -0.102. The Balaban J connectivity index is 2.93. The fourth-order valence-corrected chi connectivity index (χ4v) is 1.02. The molecule has 0 amide bonds. The van der Waals surface area contributed by atoms with Gasteiger partial charge in [-0.3, -0.25) is 0 Å². The molecule has 0 saturated heterocycles. The number of aliphatic hydroxyl groups is 1. The highest BCUT2D eigenvalue weighted by Crippen LogP contribution is 2.14. The standard InChI is InChI=1S/C10H10F2O/c1-2-7(13)6-8-9(11)4-3-5-10(8)12/h2-5,7,13H,1,6H2. The van der Waals surface area contributed by atoms with Crippen LogP contribution >= 0.6 is 0 Å². The van der Waals surface area contributed by atoms with Crippen molar-refractivity contribution in [1.82, 2.24) is 0 Å². The molecule has 0 saturated carbocycles. The summed E-state index contributed by atoms with van der Waals surface area (Å²) >= 11 is 0. The lowest BCUT2D eigenvalue weighted by molar-refractivity contribution is 0.221. The maximum absolute atomic E-state index is 13.0. The lowest BCUT2D eigenvalue weighted by atomic mass is 10.1. The van der Waals surface area contributed by atoms with Gasteiger partial charge >= 0.3 is 0 Å². The second-order valence-corrected chi connectivity index (χ2v) is 2.71. The van der Waals surface area contributed by atoms with Crippen molar-refractivity contribution < 1.29 is 13.9 Å². The van der Waals surface area contributed by atoms with Gasteiger partial charge in [-0.2, -0.15) is 0 Å². The second-order valence-electron chi connectivity index (χ2n) is 2.71. The molecule has 3 heteroatoms. The third-order valence-corrected chi connectivity index (χ3v) is 1.75. The van der Waals surface area contributed by atoms with Gasteiger partial charge in [-0.1, -0.05) is 12.1 Å². The summed E-state index contributed by atoms with van der Waals surface area (Å²) in [4.78, 5) is 0. The molecule has 1 nitrogen and oxygen atoms in total. The average molecular weight is 184 g/mol. The van der Waals surface area contributed by atoms with Crippen LogP contribution in [0.4, 0.5) is 8.78 Å². The minimum Gasteiger partial charge on any atom is -0.389 e. The molecule has 1 aromatic rings. The molecule has 1 aromatic carbocycles. The van der Waals surface area contributed by atoms with Crippen LogP contribution in [0.15, 0.2) is 30.9 Å². The summed E-state index contributed by atoms with van der Waals surface area (Å²) in [7, 11) is 0. The van der Waals surface area contributed by atoms with Gasteiger partial charge in [0.2, 0.25) is 0 Å². The van der Waals surface area contributed by atoms with Crippen molar-refractivity contribution in [1.29, 1.82) is 0 Å². The second kappa shape index (κ2) is 4.14. The van der Waals surface area contributed by atoms with Crippen LogP contribution in [0.5, 0.6) is 0 Å². The van der Waals surface area contributed by atoms with Crippen molar-refractivity contribution >= 4 is 0 Å². The van der Waals surface area contributed by atoms with Crippen molar-refractivity contribution in [3.05, 3.63) is 48.1 Å². The lowest BCUT2D eigenvalue weighted by Gasteiger charge is -2.06. The topological polar surface area (TPSA) is 20.2 Å². The van der Waals surface area contributed by atoms with E-state index in [1.54, 1.807) is 0 Å². The summed E-state index contributed by atoms with van der Waals surface area (Å²) in [6.45, 7) is 3.32. The highest BCUT2D eigenvalue weighted by molar-refractivity contribution is 5.21. The first-order chi connectivity index (χ1) is 6.15. The maximum atomic E-state index is 13.0. The van der Waals surface area contributed by atoms with E-state index in [9.17, 15) is 8.78 Å². The van der Waals surface area contributed by atoms with Crippen LogP contribution in [-0.2, 0) is 6.42 Å². The van der Waals surface area contributed by atoms with E-state index in [2.05, 4.69) is 6.58 Å². The van der Waals surface area contributed by atoms with Gasteiger partial charge in [-0.15, -0.1) is 6.58 Å². The molecule has 0 heterocycles. The van der Waals surface area contributed by atoms with Crippen molar-refractivity contribution in [2.75, 3.05) is 0 Å². The van der Waals surface area contributed by atoms with Gasteiger partial charge < -0.3 is 5.11 Å². The van der Waals surface area contributed by atoms with Gasteiger partial charge in [0.1, 0.15) is 11.6 Å². The van der Waals surface area contributed by atoms with Gasteiger partial charge in [-0.05, 0) is 12.1 Å². The van der Waals surface area contributed by atoms with Gasteiger partial charge in [0, 0.05) is 12.0 Å². The quantitative estimate of drug-likeness (QED) is 0.713. The zero-order valence-electron chi connectivity index (χ0n) is 7.00. The Hall–Kier alpha value is -1.22. The average Bonchev–Trinajstić information content (AvgIpc) is 2.11. The first-order valence-electron chi connectivity index (χ1n) is 3.88. The van der Waals surface area contributed by atoms with Crippen molar-refractivity contribution in [2.45, 2.75) is 12.5 Å². The molecule has 1 rings (SSSR count). The summed E-state index contributed by atoms with van der Waals surface area (Å²) in [5.74, 6) is -1.28. The Kier molecular flexibility index (Phi) is 3.14. The number of rotatable bonds is 3. The van der Waals surface area contributed by atoms with E-state index in [1.165, 1.54) is 12.1 Å². The molecular formula is C10H10F2O. The van der Waals surface area contributed by atoms with Crippen LogP contribution in [0.2, 0.25) is 0 Å². The SMILES string of the molecule is C=CC(O)Cc1c(F)cccc1F. The van der Waals surface area contributed by atoms with E-state index in [0.29, 0.717) is 0 Å². The van der Waals surface area contributed by atoms with Crippen LogP contribution in [0.1, 0.15) is 5.56 Å². The molecule has 0 aliphatic heterocycles. The highest BCUT2D eigenvalue weighted by atomic mass is 19.1. The Morgan fingerprint density at radius 3 is 2.38 bits per heavy atom. The predicted molar refractivity (Wildman–Crippen MR) is 46.3 cm³/mol. The number of hydrogen-bond acceptors (Lipinski definition) is 1. The third kappa shape index (κ3) is 2.36. The molecule has 0 spiro atoms. The smallest absolute Gasteiger partial charge is 0.129 e. The van der Waals surface area contributed by atoms with E-state index in [0.717, 1.165) is 12.1 Å². The summed E-state index contributed by atoms with van der Waals surface area (Å²) in [6.07, 6.45) is 0.250. The van der Waals surface area contributed by atoms with Crippen LogP contribution in [-0.4, -0.2) is 11.2 Å². The van der Waals surface area contributed by atoms with Gasteiger partial charge in [0.25, 0.3) is 0 Å². The molecule has 0 aliphatic carbocycles. The fourth-order valence-electron chi connectivity index (χ4n) is 1.02. The van der Waals surface area contributed by atoms with Crippen molar-refractivity contribution in [3.8, 4) is 0 Å². The summed E-state index contributed by atoms with van der Waals surface area (Å²) in [5, 5.41) is 9.11. The predicted octanol–water partition coefficient (Wildman–Crippen LogP) is 2.05. The van der Waals surface area contributed by atoms with E-state index in [4.69, 9.17) is 5.11 Å². The molecule has 0 aliphatic rings. The summed E-state index contributed by atoms with van der Waals surface area (Å²) < 4.78 is 25.9. The Bertz CT molecular complexity index is 290. The van der Waals surface area contributed by atoms with Crippen LogP contribution < -0.4 is 0 Å². The molecule has 0 aromatic heterocycles. The number of hydrogen-bond donors (Lipinski definition) is 1. The minimum atomic E-state index is -0.911. The molecule has 1 N–H and O–H groups in total. The molecular weight excluding hydrogens is 174 g/mol. The van der Waals surface area contributed by atoms with Gasteiger partial charge in [0.15, 0.2) is 0 Å². The molecule has 1 atom stereocenters. The van der Waals surface area contributed by atoms with Crippen molar-refractivity contribution in [2.24, 2.45) is 0 Å². The summed E-state index contributed by atoms with van der Waals surface area (Å²) in [6, 6.07) is 3.61. The third-order valence-electron chi connectivity index (χ3n) is 1.75. The molecule has 0 bridgehead atoms. The van der Waals surface area contributed by atoms with Gasteiger partial charge in [-0.25, -0.2) is 8.78 Å². The first kappa shape index (κ1) is 9.86. The lowest BCUT2D eigenvalue weighted by Crippen LogP contribution is -2.09. The Morgan fingerprint density at radius 1 is 1.38 bits per heavy atom. The fraction of sp³-hybridized carbons (Fsp3) is 0.200. The maximum Gasteiger partial charge on any atom is 0.129 e. The van der Waals surface area contributed by atoms with Gasteiger partial charge in [0.05, 0.1) is 6.10 Å². The van der Waals surface area contributed by atoms with Crippen LogP contribution in [0.25, 0.3) is 0 Å². The molecule has 70 valence electrons. The van der Waals surface area contributed by atoms with E-state index < -0.39 is 17.7 Å². The van der Waals surface area contributed by atoms with E-state index >= 15 is 0 Å². The molecule has 0 fully saturated rings. The zero-order chi connectivity index (χ0) is 9.84. The molecule has 13 heavy (non-hydrogen) atoms. The Labute approximate surface area is 75.3 Å². The van der Waals surface area contributed by atoms with Crippen LogP contribution in [0.3, 0.4) is 0 Å². The Morgan fingerprint density at radius 2 is 1.92 bits per heavy atom.